The fourth-order valence-corrected chi connectivity index (χ4v) is 11.7. The van der Waals surface area contributed by atoms with Crippen molar-refractivity contribution >= 4 is 39.5 Å². The molecule has 0 aromatic heterocycles. The second-order valence-corrected chi connectivity index (χ2v) is 29.2. The number of esters is 4. The van der Waals surface area contributed by atoms with Gasteiger partial charge in [0, 0.05) is 19.3 Å². The average Bonchev–Trinajstić information content (AvgIpc) is 0.933. The van der Waals surface area contributed by atoms with Crippen molar-refractivity contribution < 1.29 is 80.2 Å². The minimum Gasteiger partial charge on any atom is -0.462 e. The highest BCUT2D eigenvalue weighted by Gasteiger charge is 2.30. The molecule has 3 N–H and O–H groups in total. The molecule has 0 fully saturated rings. The van der Waals surface area contributed by atoms with E-state index < -0.39 is 97.5 Å². The minimum absolute atomic E-state index is 0.0108. The smallest absolute Gasteiger partial charge is 0.462 e. The molecule has 17 nitrogen and oxygen atoms in total. The summed E-state index contributed by atoms with van der Waals surface area (Å²) in [6, 6.07) is 0. The Morgan fingerprint density at radius 3 is 0.915 bits per heavy atom. The van der Waals surface area contributed by atoms with E-state index in [2.05, 4.69) is 155 Å². The fraction of sp³-hybridized carbons (Fsp3) is 0.632. The number of hydrogen-bond acceptors (Lipinski definition) is 15. The van der Waals surface area contributed by atoms with Crippen LogP contribution in [0, 0.1) is 0 Å². The first-order valence-electron chi connectivity index (χ1n) is 40.4. The highest BCUT2D eigenvalue weighted by molar-refractivity contribution is 7.47. The predicted octanol–water partition coefficient (Wildman–Crippen LogP) is 23.8. The highest BCUT2D eigenvalue weighted by Crippen LogP contribution is 2.45. The molecule has 0 spiro atoms. The zero-order valence-corrected chi connectivity index (χ0v) is 67.6. The van der Waals surface area contributed by atoms with E-state index >= 15 is 0 Å². The molecule has 19 heteroatoms. The summed E-state index contributed by atoms with van der Waals surface area (Å²) in [5.41, 5.74) is 0. The van der Waals surface area contributed by atoms with Gasteiger partial charge >= 0.3 is 39.5 Å². The van der Waals surface area contributed by atoms with Crippen molar-refractivity contribution in [2.75, 3.05) is 39.6 Å². The van der Waals surface area contributed by atoms with E-state index in [0.29, 0.717) is 32.1 Å². The first-order chi connectivity index (χ1) is 51.7. The van der Waals surface area contributed by atoms with Crippen LogP contribution in [0.4, 0.5) is 0 Å². The third-order valence-electron chi connectivity index (χ3n) is 16.2. The number of carbonyl (C=O) groups excluding carboxylic acids is 4. The second kappa shape index (κ2) is 77.6. The van der Waals surface area contributed by atoms with Crippen LogP contribution >= 0.6 is 15.6 Å². The maximum atomic E-state index is 13.1. The van der Waals surface area contributed by atoms with Gasteiger partial charge in [-0.1, -0.05) is 313 Å². The van der Waals surface area contributed by atoms with Gasteiger partial charge in [-0.2, -0.15) is 0 Å². The standard InChI is InChI=1S/C87H142O17P2/c1-5-9-13-17-21-25-29-33-36-38-40-42-45-48-51-55-59-63-67-71-84(89)97-77-82(103-86(91)73-69-65-61-57-53-47-32-28-24-20-16-12-8-4)79-101-105(93,94)99-75-81(88)76-100-106(95,96)102-80-83(104-87(92)74-70-66-62-58-54-50-44-35-31-27-23-19-15-11-7-3)78-98-85(90)72-68-64-60-56-52-49-46-43-41-39-37-34-30-26-22-18-14-10-6-2/h10-11,14-15,21-23,25-27,33-37,40-44,49,52,54,58,60,64,66,70,81-83,88H,5-9,12-13,16-20,24,28-32,38-39,45-48,50-51,53,55-57,59,61-63,65,67-69,71-80H2,1-4H3,(H,93,94)(H,95,96)/b14-10-,15-11-,25-21-,26-22-,27-23-,36-33-,37-34-,42-40-,43-41-,44-35-,52-49-,58-54-,64-60-,70-66-. The van der Waals surface area contributed by atoms with Crippen molar-refractivity contribution in [2.45, 2.75) is 316 Å². The number of hydrogen-bond donors (Lipinski definition) is 3. The SMILES string of the molecule is CC/C=C\C/C=C\C/C=C\C/C=C\C/C=C\C/C=C\CCC(=O)OCC(COP(=O)(O)OCC(O)COP(=O)(O)OCC(COC(=O)CCCCCCCC/C=C\C/C=C\C/C=C\CCCCC)OC(=O)CCCCCCCCCCCCCCC)OC(=O)C/C=C\C/C=C\C/C=C\C/C=C\C/C=C\CC. The van der Waals surface area contributed by atoms with E-state index in [0.717, 1.165) is 141 Å². The molecule has 0 aromatic rings. The molecule has 0 aliphatic carbocycles. The van der Waals surface area contributed by atoms with Crippen molar-refractivity contribution in [2.24, 2.45) is 0 Å². The highest BCUT2D eigenvalue weighted by atomic mass is 31.2. The maximum absolute atomic E-state index is 13.1. The zero-order chi connectivity index (χ0) is 77.4. The number of aliphatic hydroxyl groups excluding tert-OH is 1. The fourth-order valence-electron chi connectivity index (χ4n) is 10.2. The average molecular weight is 1520 g/mol. The summed E-state index contributed by atoms with van der Waals surface area (Å²) < 4.78 is 68.4. The van der Waals surface area contributed by atoms with E-state index in [1.807, 2.05) is 30.4 Å². The van der Waals surface area contributed by atoms with E-state index in [4.69, 9.17) is 37.0 Å². The zero-order valence-electron chi connectivity index (χ0n) is 65.8. The second-order valence-electron chi connectivity index (χ2n) is 26.3. The lowest BCUT2D eigenvalue weighted by molar-refractivity contribution is -0.161. The van der Waals surface area contributed by atoms with Gasteiger partial charge < -0.3 is 33.8 Å². The van der Waals surface area contributed by atoms with Gasteiger partial charge in [-0.15, -0.1) is 0 Å². The van der Waals surface area contributed by atoms with Crippen LogP contribution in [0.25, 0.3) is 0 Å². The topological polar surface area (TPSA) is 237 Å². The van der Waals surface area contributed by atoms with Gasteiger partial charge in [0.1, 0.15) is 19.3 Å². The molecule has 602 valence electrons. The largest absolute Gasteiger partial charge is 0.472 e. The summed E-state index contributed by atoms with van der Waals surface area (Å²) in [6.45, 7) is 4.40. The van der Waals surface area contributed by atoms with Gasteiger partial charge in [0.05, 0.1) is 32.8 Å². The van der Waals surface area contributed by atoms with Crippen LogP contribution in [-0.4, -0.2) is 96.7 Å². The molecule has 0 saturated carbocycles. The van der Waals surface area contributed by atoms with Crippen LogP contribution < -0.4 is 0 Å². The van der Waals surface area contributed by atoms with Crippen LogP contribution in [0.2, 0.25) is 0 Å². The Bertz CT molecular complexity index is 2680. The van der Waals surface area contributed by atoms with Crippen molar-refractivity contribution in [3.05, 3.63) is 170 Å². The van der Waals surface area contributed by atoms with Crippen molar-refractivity contribution in [1.82, 2.24) is 0 Å². The van der Waals surface area contributed by atoms with Gasteiger partial charge in [-0.05, 0) is 128 Å². The Kier molecular flexibility index (Phi) is 73.5. The van der Waals surface area contributed by atoms with E-state index in [9.17, 15) is 43.2 Å². The van der Waals surface area contributed by atoms with E-state index in [1.54, 1.807) is 12.2 Å². The first-order valence-corrected chi connectivity index (χ1v) is 43.4. The number of ether oxygens (including phenoxy) is 4. The molecule has 5 unspecified atom stereocenters. The van der Waals surface area contributed by atoms with Crippen molar-refractivity contribution in [3.63, 3.8) is 0 Å². The lowest BCUT2D eigenvalue weighted by Crippen LogP contribution is -2.30. The molecule has 106 heavy (non-hydrogen) atoms. The Balaban J connectivity index is 5.49. The Hall–Kier alpha value is -5.58. The molecule has 0 heterocycles. The first kappa shape index (κ1) is 100. The summed E-state index contributed by atoms with van der Waals surface area (Å²) in [4.78, 5) is 72.9. The summed E-state index contributed by atoms with van der Waals surface area (Å²) in [6.07, 6.45) is 92.4. The number of rotatable bonds is 74. The monoisotopic (exact) mass is 1520 g/mol. The van der Waals surface area contributed by atoms with E-state index in [-0.39, 0.29) is 25.7 Å². The van der Waals surface area contributed by atoms with Crippen LogP contribution in [-0.2, 0) is 65.4 Å². The quantitative estimate of drug-likeness (QED) is 0.0169. The van der Waals surface area contributed by atoms with Crippen LogP contribution in [0.5, 0.6) is 0 Å². The van der Waals surface area contributed by atoms with Gasteiger partial charge in [0.2, 0.25) is 0 Å². The van der Waals surface area contributed by atoms with Gasteiger partial charge in [0.25, 0.3) is 0 Å². The van der Waals surface area contributed by atoms with Crippen LogP contribution in [0.15, 0.2) is 170 Å². The minimum atomic E-state index is -5.03. The molecule has 0 aliphatic rings. The van der Waals surface area contributed by atoms with Crippen molar-refractivity contribution in [3.8, 4) is 0 Å². The molecule has 5 atom stereocenters. The summed E-state index contributed by atoms with van der Waals surface area (Å²) in [5.74, 6) is -2.44. The normalized spacial score (nSPS) is 14.7. The van der Waals surface area contributed by atoms with Gasteiger partial charge in [0.15, 0.2) is 12.2 Å². The number of carbonyl (C=O) groups is 4. The Labute approximate surface area is 642 Å². The number of allylic oxidation sites excluding steroid dienone is 27. The Morgan fingerprint density at radius 2 is 0.547 bits per heavy atom. The number of aliphatic hydroxyl groups is 1. The number of unbranched alkanes of at least 4 members (excludes halogenated alkanes) is 21. The molecule has 0 saturated heterocycles. The molecule has 0 rings (SSSR count). The lowest BCUT2D eigenvalue weighted by atomic mass is 10.0. The molecule has 0 amide bonds. The molecule has 0 aliphatic heterocycles. The molecule has 0 radical (unpaired) electrons. The van der Waals surface area contributed by atoms with Crippen molar-refractivity contribution in [1.29, 1.82) is 0 Å². The molecule has 0 aromatic carbocycles. The third kappa shape index (κ3) is 76.6. The maximum Gasteiger partial charge on any atom is 0.472 e. The lowest BCUT2D eigenvalue weighted by Gasteiger charge is -2.21. The molecular formula is C87H142O17P2. The molecule has 0 bridgehead atoms. The van der Waals surface area contributed by atoms with E-state index in [1.165, 1.54) is 70.6 Å². The van der Waals surface area contributed by atoms with Gasteiger partial charge in [-0.25, -0.2) is 9.13 Å². The molecular weight excluding hydrogens is 1380 g/mol. The number of phosphoric acid groups is 2. The Morgan fingerprint density at radius 1 is 0.283 bits per heavy atom. The van der Waals surface area contributed by atoms with Crippen LogP contribution in [0.3, 0.4) is 0 Å². The van der Waals surface area contributed by atoms with Gasteiger partial charge in [-0.3, -0.25) is 37.3 Å². The van der Waals surface area contributed by atoms with Crippen LogP contribution in [0.1, 0.15) is 297 Å². The third-order valence-corrected chi connectivity index (χ3v) is 18.1. The predicted molar refractivity (Wildman–Crippen MR) is 436 cm³/mol. The summed E-state index contributed by atoms with van der Waals surface area (Å²) in [5, 5.41) is 10.6. The summed E-state index contributed by atoms with van der Waals surface area (Å²) in [7, 11) is -10.0. The summed E-state index contributed by atoms with van der Waals surface area (Å²) >= 11 is 0. The number of phosphoric ester groups is 2.